The van der Waals surface area contributed by atoms with Gasteiger partial charge in [-0.2, -0.15) is 0 Å². The van der Waals surface area contributed by atoms with Gasteiger partial charge in [0, 0.05) is 0 Å². The Hall–Kier alpha value is -1.30. The third-order valence-electron chi connectivity index (χ3n) is 0.565. The van der Waals surface area contributed by atoms with Crippen molar-refractivity contribution in [3.8, 4) is 0 Å². The minimum absolute atomic E-state index is 1.08. The van der Waals surface area contributed by atoms with Crippen LogP contribution in [0.4, 0.5) is 9.59 Å². The van der Waals surface area contributed by atoms with Gasteiger partial charge in [0.05, 0.1) is 0 Å². The van der Waals surface area contributed by atoms with Crippen LogP contribution in [-0.4, -0.2) is 23.0 Å². The second-order valence-corrected chi connectivity index (χ2v) is 2.42. The van der Waals surface area contributed by atoms with Gasteiger partial charge < -0.3 is 9.84 Å². The number of hydrogen-bond donors (Lipinski definition) is 3. The molecule has 0 unspecified atom stereocenters. The molecule has 0 aliphatic rings. The average Bonchev–Trinajstić information content (AvgIpc) is 1.53. The lowest BCUT2D eigenvalue weighted by Crippen LogP contribution is -2.42. The number of rotatable bonds is 1. The van der Waals surface area contributed by atoms with Gasteiger partial charge in [0.15, 0.2) is 5.72 Å². The van der Waals surface area contributed by atoms with E-state index in [1.807, 2.05) is 0 Å². The summed E-state index contributed by atoms with van der Waals surface area (Å²) < 4.78 is 4.40. The summed E-state index contributed by atoms with van der Waals surface area (Å²) in [5.41, 5.74) is 4.07. The van der Waals surface area contributed by atoms with Crippen molar-refractivity contribution in [3.63, 3.8) is 0 Å². The molecular weight excluding hydrogens is 152 g/mol. The highest BCUT2D eigenvalue weighted by Crippen LogP contribution is 1.98. The maximum Gasteiger partial charge on any atom is 0.418 e. The van der Waals surface area contributed by atoms with E-state index >= 15 is 0 Å². The van der Waals surface area contributed by atoms with Crippen molar-refractivity contribution in [2.75, 3.05) is 0 Å². The molecule has 0 fully saturated rings. The lowest BCUT2D eigenvalue weighted by Gasteiger charge is -2.18. The molecule has 2 amide bonds. The molecule has 0 spiro atoms. The second-order valence-electron chi connectivity index (χ2n) is 2.42. The summed E-state index contributed by atoms with van der Waals surface area (Å²) in [6.45, 7) is 2.85. The van der Waals surface area contributed by atoms with E-state index in [1.165, 1.54) is 19.2 Å². The van der Waals surface area contributed by atoms with Gasteiger partial charge in [-0.25, -0.2) is 14.9 Å². The number of nitrogens with two attached hydrogens (primary N) is 1. The number of nitrogens with one attached hydrogen (secondary N) is 1. The summed E-state index contributed by atoms with van der Waals surface area (Å²) in [6, 6.07) is 0. The Bertz CT molecular complexity index is 172. The van der Waals surface area contributed by atoms with Crippen molar-refractivity contribution in [2.45, 2.75) is 19.6 Å². The molecule has 0 saturated heterocycles. The Morgan fingerprint density at radius 1 is 1.55 bits per heavy atom. The maximum atomic E-state index is 10.5. The van der Waals surface area contributed by atoms with Gasteiger partial charge in [0.1, 0.15) is 0 Å². The summed E-state index contributed by atoms with van der Waals surface area (Å²) >= 11 is 0. The van der Waals surface area contributed by atoms with Gasteiger partial charge in [-0.3, -0.25) is 5.73 Å². The number of carboxylic acid groups (broad SMARTS) is 1. The number of amides is 2. The Morgan fingerprint density at radius 2 is 2.00 bits per heavy atom. The molecule has 0 saturated carbocycles. The van der Waals surface area contributed by atoms with Crippen LogP contribution in [-0.2, 0) is 4.74 Å². The first-order valence-corrected chi connectivity index (χ1v) is 2.83. The molecule has 4 N–H and O–H groups in total. The number of carbonyl (C=O) groups is 2. The standard InChI is InChI=1S/C5H10N2O4/c1-5(2,6)11-4(10)7-3(8)9/h6H2,1-2H3,(H,7,10)(H,8,9). The predicted molar refractivity (Wildman–Crippen MR) is 35.9 cm³/mol. The van der Waals surface area contributed by atoms with Crippen molar-refractivity contribution in [1.29, 1.82) is 0 Å². The molecule has 11 heavy (non-hydrogen) atoms. The van der Waals surface area contributed by atoms with Crippen molar-refractivity contribution < 1.29 is 19.4 Å². The number of ether oxygens (including phenoxy) is 1. The van der Waals surface area contributed by atoms with E-state index in [-0.39, 0.29) is 0 Å². The Balaban J connectivity index is 3.80. The van der Waals surface area contributed by atoms with Crippen LogP contribution in [0.25, 0.3) is 0 Å². The van der Waals surface area contributed by atoms with Crippen LogP contribution >= 0.6 is 0 Å². The van der Waals surface area contributed by atoms with Crippen molar-refractivity contribution >= 4 is 12.2 Å². The fraction of sp³-hybridized carbons (Fsp3) is 0.600. The molecule has 64 valence electrons. The van der Waals surface area contributed by atoms with E-state index in [9.17, 15) is 9.59 Å². The normalized spacial score (nSPS) is 10.5. The summed E-state index contributed by atoms with van der Waals surface area (Å²) in [6.07, 6.45) is -2.55. The van der Waals surface area contributed by atoms with Crippen LogP contribution in [0.2, 0.25) is 0 Å². The van der Waals surface area contributed by atoms with Gasteiger partial charge >= 0.3 is 12.2 Å². The third kappa shape index (κ3) is 6.59. The summed E-state index contributed by atoms with van der Waals surface area (Å²) in [7, 11) is 0. The Kier molecular flexibility index (Phi) is 2.82. The molecule has 0 atom stereocenters. The lowest BCUT2D eigenvalue weighted by atomic mass is 10.3. The fourth-order valence-electron chi connectivity index (χ4n) is 0.352. The molecule has 6 nitrogen and oxygen atoms in total. The topological polar surface area (TPSA) is 102 Å². The van der Waals surface area contributed by atoms with Crippen molar-refractivity contribution in [2.24, 2.45) is 5.73 Å². The van der Waals surface area contributed by atoms with Crippen molar-refractivity contribution in [1.82, 2.24) is 5.32 Å². The van der Waals surface area contributed by atoms with Crippen LogP contribution in [0.3, 0.4) is 0 Å². The monoisotopic (exact) mass is 162 g/mol. The molecule has 0 aromatic heterocycles. The number of hydrogen-bond acceptors (Lipinski definition) is 4. The minimum atomic E-state index is -1.47. The van der Waals surface area contributed by atoms with Crippen LogP contribution in [0.5, 0.6) is 0 Å². The largest absolute Gasteiger partial charge is 0.465 e. The van der Waals surface area contributed by atoms with Gasteiger partial charge in [-0.15, -0.1) is 0 Å². The molecule has 0 aromatic rings. The summed E-state index contributed by atoms with van der Waals surface area (Å²) in [4.78, 5) is 20.3. The van der Waals surface area contributed by atoms with Crippen LogP contribution < -0.4 is 11.1 Å². The number of carbonyl (C=O) groups excluding carboxylic acids is 1. The lowest BCUT2D eigenvalue weighted by molar-refractivity contribution is 0.0444. The Morgan fingerprint density at radius 3 is 2.27 bits per heavy atom. The second kappa shape index (κ2) is 3.20. The molecule has 0 bridgehead atoms. The minimum Gasteiger partial charge on any atom is -0.465 e. The zero-order valence-corrected chi connectivity index (χ0v) is 6.25. The molecule has 6 heteroatoms. The predicted octanol–water partition coefficient (Wildman–Crippen LogP) is 0.0854. The molecule has 0 heterocycles. The SMILES string of the molecule is CC(C)(N)OC(=O)NC(=O)O. The highest BCUT2D eigenvalue weighted by molar-refractivity contribution is 5.86. The molecular formula is C5H10N2O4. The van der Waals surface area contributed by atoms with Crippen LogP contribution in [0.15, 0.2) is 0 Å². The van der Waals surface area contributed by atoms with E-state index in [1.54, 1.807) is 0 Å². The zero-order chi connectivity index (χ0) is 9.07. The van der Waals surface area contributed by atoms with E-state index in [0.717, 1.165) is 0 Å². The van der Waals surface area contributed by atoms with Crippen LogP contribution in [0, 0.1) is 0 Å². The van der Waals surface area contributed by atoms with Gasteiger partial charge in [-0.05, 0) is 13.8 Å². The highest BCUT2D eigenvalue weighted by atomic mass is 16.6. The van der Waals surface area contributed by atoms with Gasteiger partial charge in [0.2, 0.25) is 0 Å². The first-order valence-electron chi connectivity index (χ1n) is 2.83. The zero-order valence-electron chi connectivity index (χ0n) is 6.25. The number of imide groups is 1. The molecule has 0 rings (SSSR count). The average molecular weight is 162 g/mol. The smallest absolute Gasteiger partial charge is 0.418 e. The molecule has 0 aliphatic carbocycles. The Labute approximate surface area is 63.3 Å². The van der Waals surface area contributed by atoms with E-state index in [4.69, 9.17) is 10.8 Å². The number of alkyl carbamates (subject to hydrolysis) is 1. The maximum absolute atomic E-state index is 10.5. The van der Waals surface area contributed by atoms with Gasteiger partial charge in [-0.1, -0.05) is 0 Å². The quantitative estimate of drug-likeness (QED) is 0.474. The third-order valence-corrected chi connectivity index (χ3v) is 0.565. The first kappa shape index (κ1) is 9.70. The summed E-state index contributed by atoms with van der Waals surface area (Å²) in [5.74, 6) is 0. The summed E-state index contributed by atoms with van der Waals surface area (Å²) in [5, 5.41) is 9.50. The van der Waals surface area contributed by atoms with E-state index in [0.29, 0.717) is 0 Å². The van der Waals surface area contributed by atoms with Crippen molar-refractivity contribution in [3.05, 3.63) is 0 Å². The first-order chi connectivity index (χ1) is 4.81. The van der Waals surface area contributed by atoms with E-state index < -0.39 is 17.9 Å². The molecule has 0 radical (unpaired) electrons. The fourth-order valence-corrected chi connectivity index (χ4v) is 0.352. The molecule has 0 aromatic carbocycles. The van der Waals surface area contributed by atoms with Crippen LogP contribution in [0.1, 0.15) is 13.8 Å². The highest BCUT2D eigenvalue weighted by Gasteiger charge is 2.17. The van der Waals surface area contributed by atoms with Gasteiger partial charge in [0.25, 0.3) is 0 Å². The van der Waals surface area contributed by atoms with E-state index in [2.05, 4.69) is 4.74 Å². The molecule has 0 aliphatic heterocycles.